The van der Waals surface area contributed by atoms with E-state index in [-0.39, 0.29) is 5.91 Å². The summed E-state index contributed by atoms with van der Waals surface area (Å²) in [6.07, 6.45) is 3.42. The molecule has 0 unspecified atom stereocenters. The van der Waals surface area contributed by atoms with Crippen LogP contribution in [0.4, 0.5) is 0 Å². The van der Waals surface area contributed by atoms with Crippen molar-refractivity contribution in [2.24, 2.45) is 11.8 Å². The van der Waals surface area contributed by atoms with Crippen LogP contribution in [-0.2, 0) is 9.53 Å². The predicted octanol–water partition coefficient (Wildman–Crippen LogP) is 1.10. The summed E-state index contributed by atoms with van der Waals surface area (Å²) in [4.78, 5) is 14.1. The van der Waals surface area contributed by atoms with Gasteiger partial charge in [0.25, 0.3) is 0 Å². The Morgan fingerprint density at radius 3 is 2.62 bits per heavy atom. The minimum Gasteiger partial charge on any atom is -0.383 e. The molecule has 1 saturated heterocycles. The largest absolute Gasteiger partial charge is 0.383 e. The second kappa shape index (κ2) is 11.0. The Morgan fingerprint density at radius 2 is 2.00 bits per heavy atom. The smallest absolute Gasteiger partial charge is 0.234 e. The third-order valence-corrected chi connectivity index (χ3v) is 4.03. The third-order valence-electron chi connectivity index (χ3n) is 4.03. The fraction of sp³-hybridized carbons (Fsp3) is 0.938. The van der Waals surface area contributed by atoms with Gasteiger partial charge in [-0.15, -0.1) is 0 Å². The molecule has 0 saturated carbocycles. The highest BCUT2D eigenvalue weighted by Gasteiger charge is 2.20. The van der Waals surface area contributed by atoms with E-state index in [0.717, 1.165) is 51.7 Å². The van der Waals surface area contributed by atoms with Gasteiger partial charge in [0.2, 0.25) is 5.91 Å². The van der Waals surface area contributed by atoms with E-state index in [9.17, 15) is 4.79 Å². The molecule has 1 aliphatic heterocycles. The molecule has 0 aromatic carbocycles. The Hall–Kier alpha value is -0.650. The molecule has 1 fully saturated rings. The van der Waals surface area contributed by atoms with Gasteiger partial charge >= 0.3 is 0 Å². The number of hydrogen-bond donors (Lipinski definition) is 2. The van der Waals surface area contributed by atoms with Gasteiger partial charge in [0, 0.05) is 20.2 Å². The maximum absolute atomic E-state index is 11.8. The Balaban J connectivity index is 2.05. The predicted molar refractivity (Wildman–Crippen MR) is 86.4 cm³/mol. The number of rotatable bonds is 10. The summed E-state index contributed by atoms with van der Waals surface area (Å²) in [5, 5.41) is 6.44. The zero-order valence-electron chi connectivity index (χ0n) is 14.0. The summed E-state index contributed by atoms with van der Waals surface area (Å²) in [5.74, 6) is 1.56. The van der Waals surface area contributed by atoms with Crippen molar-refractivity contribution < 1.29 is 9.53 Å². The first-order valence-corrected chi connectivity index (χ1v) is 8.30. The molecule has 0 aromatic heterocycles. The third kappa shape index (κ3) is 9.06. The fourth-order valence-corrected chi connectivity index (χ4v) is 2.59. The highest BCUT2D eigenvalue weighted by Crippen LogP contribution is 2.15. The maximum atomic E-state index is 11.8. The van der Waals surface area contributed by atoms with Crippen molar-refractivity contribution in [1.29, 1.82) is 0 Å². The topological polar surface area (TPSA) is 53.6 Å². The lowest BCUT2D eigenvalue weighted by atomic mass is 9.97. The molecule has 1 aliphatic rings. The van der Waals surface area contributed by atoms with Crippen LogP contribution in [0.5, 0.6) is 0 Å². The van der Waals surface area contributed by atoms with Crippen molar-refractivity contribution in [3.63, 3.8) is 0 Å². The van der Waals surface area contributed by atoms with E-state index in [1.807, 2.05) is 0 Å². The van der Waals surface area contributed by atoms with E-state index in [0.29, 0.717) is 12.5 Å². The van der Waals surface area contributed by atoms with Crippen LogP contribution in [0.25, 0.3) is 0 Å². The molecule has 124 valence electrons. The second-order valence-corrected chi connectivity index (χ2v) is 6.45. The van der Waals surface area contributed by atoms with E-state index in [4.69, 9.17) is 4.74 Å². The summed E-state index contributed by atoms with van der Waals surface area (Å²) in [6, 6.07) is 0. The molecular formula is C16H33N3O2. The van der Waals surface area contributed by atoms with Gasteiger partial charge < -0.3 is 15.4 Å². The number of methoxy groups -OCH3 is 1. The maximum Gasteiger partial charge on any atom is 0.234 e. The lowest BCUT2D eigenvalue weighted by molar-refractivity contribution is -0.122. The zero-order chi connectivity index (χ0) is 15.5. The van der Waals surface area contributed by atoms with Gasteiger partial charge in [-0.25, -0.2) is 0 Å². The van der Waals surface area contributed by atoms with Crippen LogP contribution in [0, 0.1) is 11.8 Å². The number of likely N-dealkylation sites (tertiary alicyclic amines) is 1. The van der Waals surface area contributed by atoms with Gasteiger partial charge in [-0.2, -0.15) is 0 Å². The number of carbonyl (C=O) groups excluding carboxylic acids is 1. The summed E-state index contributed by atoms with van der Waals surface area (Å²) >= 11 is 0. The second-order valence-electron chi connectivity index (χ2n) is 6.45. The van der Waals surface area contributed by atoms with Gasteiger partial charge in [-0.3, -0.25) is 9.69 Å². The van der Waals surface area contributed by atoms with Crippen molar-refractivity contribution in [1.82, 2.24) is 15.5 Å². The quantitative estimate of drug-likeness (QED) is 0.593. The van der Waals surface area contributed by atoms with Gasteiger partial charge in [-0.05, 0) is 50.7 Å². The van der Waals surface area contributed by atoms with Crippen LogP contribution in [0.15, 0.2) is 0 Å². The van der Waals surface area contributed by atoms with Gasteiger partial charge in [0.15, 0.2) is 0 Å². The van der Waals surface area contributed by atoms with E-state index in [2.05, 4.69) is 29.4 Å². The highest BCUT2D eigenvalue weighted by molar-refractivity contribution is 5.77. The molecule has 21 heavy (non-hydrogen) atoms. The van der Waals surface area contributed by atoms with Crippen LogP contribution in [0.3, 0.4) is 0 Å². The van der Waals surface area contributed by atoms with Gasteiger partial charge in [0.1, 0.15) is 0 Å². The lowest BCUT2D eigenvalue weighted by Gasteiger charge is -2.31. The zero-order valence-corrected chi connectivity index (χ0v) is 14.0. The average Bonchev–Trinajstić information content (AvgIpc) is 2.45. The highest BCUT2D eigenvalue weighted by atomic mass is 16.5. The van der Waals surface area contributed by atoms with E-state index in [1.54, 1.807) is 7.11 Å². The van der Waals surface area contributed by atoms with Gasteiger partial charge in [-0.1, -0.05) is 13.8 Å². The molecule has 0 bridgehead atoms. The molecule has 1 amide bonds. The van der Waals surface area contributed by atoms with Gasteiger partial charge in [0.05, 0.1) is 13.2 Å². The van der Waals surface area contributed by atoms with Crippen LogP contribution < -0.4 is 10.6 Å². The van der Waals surface area contributed by atoms with Crippen molar-refractivity contribution in [3.8, 4) is 0 Å². The average molecular weight is 299 g/mol. The summed E-state index contributed by atoms with van der Waals surface area (Å²) < 4.78 is 5.02. The first-order chi connectivity index (χ1) is 10.1. The van der Waals surface area contributed by atoms with Crippen molar-refractivity contribution in [2.75, 3.05) is 53.0 Å². The fourth-order valence-electron chi connectivity index (χ4n) is 2.59. The summed E-state index contributed by atoms with van der Waals surface area (Å²) in [7, 11) is 1.73. The first kappa shape index (κ1) is 18.4. The molecular weight excluding hydrogens is 266 g/mol. The molecule has 5 heteroatoms. The van der Waals surface area contributed by atoms with Crippen molar-refractivity contribution in [3.05, 3.63) is 0 Å². The van der Waals surface area contributed by atoms with Crippen LogP contribution in [-0.4, -0.2) is 63.8 Å². The molecule has 0 radical (unpaired) electrons. The number of nitrogens with one attached hydrogen (secondary N) is 2. The van der Waals surface area contributed by atoms with E-state index >= 15 is 0 Å². The number of hydrogen-bond acceptors (Lipinski definition) is 4. The normalized spacial score (nSPS) is 17.3. The molecule has 0 aliphatic carbocycles. The lowest BCUT2D eigenvalue weighted by Crippen LogP contribution is -2.43. The number of nitrogens with zero attached hydrogens (tertiary/aromatic N) is 1. The Kier molecular flexibility index (Phi) is 9.63. The minimum absolute atomic E-state index is 0.173. The minimum atomic E-state index is 0.173. The molecule has 0 atom stereocenters. The number of amides is 1. The van der Waals surface area contributed by atoms with Crippen molar-refractivity contribution in [2.45, 2.75) is 33.1 Å². The summed E-state index contributed by atoms with van der Waals surface area (Å²) in [5.41, 5.74) is 0. The Morgan fingerprint density at radius 1 is 1.29 bits per heavy atom. The molecule has 1 rings (SSSR count). The molecule has 1 heterocycles. The van der Waals surface area contributed by atoms with Crippen molar-refractivity contribution >= 4 is 5.91 Å². The SMILES string of the molecule is COCCNCC1CCN(CC(=O)NCCC(C)C)CC1. The van der Waals surface area contributed by atoms with Crippen LogP contribution >= 0.6 is 0 Å². The number of piperidine rings is 1. The molecule has 2 N–H and O–H groups in total. The van der Waals surface area contributed by atoms with Crippen LogP contribution in [0.1, 0.15) is 33.1 Å². The Labute approximate surface area is 129 Å². The number of ether oxygens (including phenoxy) is 1. The Bertz CT molecular complexity index is 277. The van der Waals surface area contributed by atoms with E-state index in [1.165, 1.54) is 12.8 Å². The molecule has 5 nitrogen and oxygen atoms in total. The monoisotopic (exact) mass is 299 g/mol. The molecule has 0 spiro atoms. The summed E-state index contributed by atoms with van der Waals surface area (Å²) in [6.45, 7) is 10.6. The standard InChI is InChI=1S/C16H33N3O2/c1-14(2)4-7-18-16(20)13-19-9-5-15(6-10-19)12-17-8-11-21-3/h14-15,17H,4-13H2,1-3H3,(H,18,20). The molecule has 0 aromatic rings. The van der Waals surface area contributed by atoms with E-state index < -0.39 is 0 Å². The first-order valence-electron chi connectivity index (χ1n) is 8.30. The number of carbonyl (C=O) groups is 1. The van der Waals surface area contributed by atoms with Crippen LogP contribution in [0.2, 0.25) is 0 Å².